The molecule has 2 aliphatic rings. The molecule has 0 amide bonds. The van der Waals surface area contributed by atoms with E-state index in [0.717, 1.165) is 40.9 Å². The molecule has 1 aliphatic heterocycles. The summed E-state index contributed by atoms with van der Waals surface area (Å²) in [6, 6.07) is 6.39. The first-order valence-corrected chi connectivity index (χ1v) is 6.82. The molecule has 0 unspecified atom stereocenters. The molecule has 0 radical (unpaired) electrons. The van der Waals surface area contributed by atoms with Gasteiger partial charge in [-0.1, -0.05) is 0 Å². The van der Waals surface area contributed by atoms with Gasteiger partial charge in [0.1, 0.15) is 5.82 Å². The highest BCUT2D eigenvalue weighted by Crippen LogP contribution is 2.38. The zero-order valence-corrected chi connectivity index (χ0v) is 11.0. The number of fused-ring (bicyclic) bond motifs is 2. The minimum atomic E-state index is 0.290. The van der Waals surface area contributed by atoms with Gasteiger partial charge in [0.25, 0.3) is 0 Å². The number of ether oxygens (including phenoxy) is 2. The van der Waals surface area contributed by atoms with Gasteiger partial charge < -0.3 is 14.8 Å². The summed E-state index contributed by atoms with van der Waals surface area (Å²) < 4.78 is 10.8. The second-order valence-corrected chi connectivity index (χ2v) is 5.61. The Kier molecular flexibility index (Phi) is 2.45. The Labute approximate surface area is 115 Å². The van der Waals surface area contributed by atoms with Crippen LogP contribution in [0.4, 0.5) is 5.82 Å². The molecule has 1 aliphatic carbocycles. The molecule has 0 bridgehead atoms. The van der Waals surface area contributed by atoms with Gasteiger partial charge in [-0.3, -0.25) is 0 Å². The van der Waals surface area contributed by atoms with Crippen LogP contribution in [0.5, 0.6) is 11.5 Å². The third-order valence-electron chi connectivity index (χ3n) is 3.68. The highest BCUT2D eigenvalue weighted by molar-refractivity contribution is 6.21. The molecule has 1 aromatic heterocycles. The Balaban J connectivity index is 1.74. The van der Waals surface area contributed by atoms with E-state index in [1.54, 1.807) is 0 Å². The second kappa shape index (κ2) is 4.17. The minimum Gasteiger partial charge on any atom is -0.454 e. The predicted molar refractivity (Wildman–Crippen MR) is 74.2 cm³/mol. The summed E-state index contributed by atoms with van der Waals surface area (Å²) in [5, 5.41) is 5.91. The van der Waals surface area contributed by atoms with E-state index in [0.29, 0.717) is 18.2 Å². The fraction of sp³-hybridized carbons (Fsp3) is 0.357. The third-order valence-corrected chi connectivity index (χ3v) is 4.04. The summed E-state index contributed by atoms with van der Waals surface area (Å²) in [6.07, 6.45) is 3.79. The Morgan fingerprint density at radius 1 is 1.21 bits per heavy atom. The summed E-state index contributed by atoms with van der Waals surface area (Å²) in [7, 11) is 0. The van der Waals surface area contributed by atoms with Gasteiger partial charge in [-0.15, -0.1) is 11.6 Å². The average Bonchev–Trinajstić information content (AvgIpc) is 2.82. The number of nitrogens with zero attached hydrogens (tertiary/aromatic N) is 1. The van der Waals surface area contributed by atoms with E-state index in [9.17, 15) is 0 Å². The van der Waals surface area contributed by atoms with Crippen LogP contribution in [0.1, 0.15) is 12.8 Å². The average molecular weight is 277 g/mol. The van der Waals surface area contributed by atoms with Crippen molar-refractivity contribution >= 4 is 28.2 Å². The molecule has 1 N–H and O–H groups in total. The van der Waals surface area contributed by atoms with Crippen LogP contribution in [-0.4, -0.2) is 23.2 Å². The van der Waals surface area contributed by atoms with E-state index in [4.69, 9.17) is 21.1 Å². The number of rotatable bonds is 2. The normalized spacial score (nSPS) is 24.3. The topological polar surface area (TPSA) is 43.4 Å². The fourth-order valence-corrected chi connectivity index (χ4v) is 2.97. The maximum Gasteiger partial charge on any atom is 0.231 e. The lowest BCUT2D eigenvalue weighted by Crippen LogP contribution is -2.36. The zero-order valence-electron chi connectivity index (χ0n) is 10.2. The number of alkyl halides is 1. The van der Waals surface area contributed by atoms with Crippen molar-refractivity contribution in [1.82, 2.24) is 4.98 Å². The summed E-state index contributed by atoms with van der Waals surface area (Å²) in [4.78, 5) is 4.43. The van der Waals surface area contributed by atoms with Gasteiger partial charge >= 0.3 is 0 Å². The summed E-state index contributed by atoms with van der Waals surface area (Å²) in [5.74, 6) is 2.48. The van der Waals surface area contributed by atoms with E-state index in [1.165, 1.54) is 0 Å². The van der Waals surface area contributed by atoms with Crippen molar-refractivity contribution in [1.29, 1.82) is 0 Å². The lowest BCUT2D eigenvalue weighted by atomic mass is 9.92. The van der Waals surface area contributed by atoms with Gasteiger partial charge in [0, 0.05) is 23.0 Å². The van der Waals surface area contributed by atoms with Gasteiger partial charge in [-0.05, 0) is 36.4 Å². The van der Waals surface area contributed by atoms with E-state index in [-0.39, 0.29) is 0 Å². The van der Waals surface area contributed by atoms with Crippen LogP contribution in [0, 0.1) is 0 Å². The SMILES string of the molecule is ClC1CC(Nc2nccc3cc4c(cc23)OCO4)C1. The van der Waals surface area contributed by atoms with Gasteiger partial charge in [0.15, 0.2) is 11.5 Å². The molecule has 5 heteroatoms. The quantitative estimate of drug-likeness (QED) is 0.856. The third kappa shape index (κ3) is 1.87. The van der Waals surface area contributed by atoms with Crippen molar-refractivity contribution in [3.05, 3.63) is 24.4 Å². The molecule has 1 saturated carbocycles. The molecule has 1 fully saturated rings. The van der Waals surface area contributed by atoms with E-state index < -0.39 is 0 Å². The Morgan fingerprint density at radius 2 is 2.00 bits per heavy atom. The van der Waals surface area contributed by atoms with Gasteiger partial charge in [0.2, 0.25) is 6.79 Å². The molecule has 2 aromatic rings. The van der Waals surface area contributed by atoms with Gasteiger partial charge in [-0.25, -0.2) is 4.98 Å². The van der Waals surface area contributed by atoms with Crippen LogP contribution < -0.4 is 14.8 Å². The lowest BCUT2D eigenvalue weighted by molar-refractivity contribution is 0.174. The van der Waals surface area contributed by atoms with Crippen LogP contribution in [0.3, 0.4) is 0 Å². The number of pyridine rings is 1. The van der Waals surface area contributed by atoms with Crippen molar-refractivity contribution in [3.63, 3.8) is 0 Å². The molecule has 0 saturated heterocycles. The van der Waals surface area contributed by atoms with Crippen molar-refractivity contribution in [2.24, 2.45) is 0 Å². The van der Waals surface area contributed by atoms with E-state index >= 15 is 0 Å². The predicted octanol–water partition coefficient (Wildman–Crippen LogP) is 3.15. The molecule has 98 valence electrons. The standard InChI is InChI=1S/C14H13ClN2O2/c15-9-4-10(5-9)17-14-11-6-13-12(18-7-19-13)3-8(11)1-2-16-14/h1-3,6,9-10H,4-5,7H2,(H,16,17). The highest BCUT2D eigenvalue weighted by atomic mass is 35.5. The Morgan fingerprint density at radius 3 is 2.79 bits per heavy atom. The molecule has 1 aromatic carbocycles. The molecule has 2 heterocycles. The molecule has 4 rings (SSSR count). The van der Waals surface area contributed by atoms with Gasteiger partial charge in [0.05, 0.1) is 0 Å². The first-order valence-electron chi connectivity index (χ1n) is 6.38. The van der Waals surface area contributed by atoms with Crippen LogP contribution in [0.15, 0.2) is 24.4 Å². The maximum absolute atomic E-state index is 6.01. The smallest absolute Gasteiger partial charge is 0.231 e. The summed E-state index contributed by atoms with van der Waals surface area (Å²) in [5.41, 5.74) is 0. The van der Waals surface area contributed by atoms with E-state index in [1.807, 2.05) is 24.4 Å². The summed E-state index contributed by atoms with van der Waals surface area (Å²) >= 11 is 6.01. The summed E-state index contributed by atoms with van der Waals surface area (Å²) in [6.45, 7) is 0.290. The molecule has 0 spiro atoms. The van der Waals surface area contributed by atoms with Crippen molar-refractivity contribution in [2.75, 3.05) is 12.1 Å². The van der Waals surface area contributed by atoms with Crippen molar-refractivity contribution in [3.8, 4) is 11.5 Å². The van der Waals surface area contributed by atoms with E-state index in [2.05, 4.69) is 10.3 Å². The van der Waals surface area contributed by atoms with Crippen LogP contribution in [0.25, 0.3) is 10.8 Å². The number of halogens is 1. The molecule has 19 heavy (non-hydrogen) atoms. The number of aromatic nitrogens is 1. The molecule has 0 atom stereocenters. The number of anilines is 1. The fourth-order valence-electron chi connectivity index (χ4n) is 2.54. The monoisotopic (exact) mass is 276 g/mol. The van der Waals surface area contributed by atoms with Crippen molar-refractivity contribution in [2.45, 2.75) is 24.3 Å². The van der Waals surface area contributed by atoms with Crippen LogP contribution in [-0.2, 0) is 0 Å². The van der Waals surface area contributed by atoms with Crippen LogP contribution in [0.2, 0.25) is 0 Å². The Bertz CT molecular complexity index is 641. The first-order chi connectivity index (χ1) is 9.29. The molecular weight excluding hydrogens is 264 g/mol. The zero-order chi connectivity index (χ0) is 12.8. The number of hydrogen-bond acceptors (Lipinski definition) is 4. The molecular formula is C14H13ClN2O2. The first kappa shape index (κ1) is 11.2. The number of nitrogens with one attached hydrogen (secondary N) is 1. The number of hydrogen-bond donors (Lipinski definition) is 1. The maximum atomic E-state index is 6.01. The van der Waals surface area contributed by atoms with Crippen LogP contribution >= 0.6 is 11.6 Å². The second-order valence-electron chi connectivity index (χ2n) is 5.00. The van der Waals surface area contributed by atoms with Gasteiger partial charge in [-0.2, -0.15) is 0 Å². The minimum absolute atomic E-state index is 0.290. The Hall–Kier alpha value is -1.68. The molecule has 4 nitrogen and oxygen atoms in total. The number of benzene rings is 1. The highest BCUT2D eigenvalue weighted by Gasteiger charge is 2.28. The van der Waals surface area contributed by atoms with Crippen molar-refractivity contribution < 1.29 is 9.47 Å². The largest absolute Gasteiger partial charge is 0.454 e. The lowest BCUT2D eigenvalue weighted by Gasteiger charge is -2.32.